The van der Waals surface area contributed by atoms with E-state index in [9.17, 15) is 20.2 Å². The van der Waals surface area contributed by atoms with Crippen LogP contribution in [0.15, 0.2) is 41.0 Å². The topological polar surface area (TPSA) is 115 Å². The molecule has 0 spiro atoms. The van der Waals surface area contributed by atoms with Crippen molar-refractivity contribution in [3.63, 3.8) is 0 Å². The molecule has 1 aliphatic rings. The van der Waals surface area contributed by atoms with Crippen LogP contribution in [0.5, 0.6) is 0 Å². The normalized spacial score (nSPS) is 16.6. The van der Waals surface area contributed by atoms with Crippen LogP contribution < -0.4 is 10.2 Å². The van der Waals surface area contributed by atoms with Gasteiger partial charge in [0.25, 0.3) is 5.69 Å². The molecular weight excluding hydrogens is 268 g/mol. The first-order chi connectivity index (χ1) is 9.58. The van der Waals surface area contributed by atoms with Crippen molar-refractivity contribution < 1.29 is 14.3 Å². The highest BCUT2D eigenvalue weighted by Crippen LogP contribution is 2.41. The molecule has 9 nitrogen and oxygen atoms in total. The molecule has 9 heteroatoms. The number of fused-ring (bicyclic) bond motifs is 1. The Morgan fingerprint density at radius 2 is 2.05 bits per heavy atom. The lowest BCUT2D eigenvalue weighted by Gasteiger charge is -2.16. The molecule has 1 atom stereocenters. The number of hydrogen-bond acceptors (Lipinski definition) is 7. The highest BCUT2D eigenvalue weighted by atomic mass is 16.6. The molecular formula is C11H8N4O5. The van der Waals surface area contributed by atoms with Crippen molar-refractivity contribution in [3.8, 4) is 0 Å². The molecule has 2 aromatic rings. The Morgan fingerprint density at radius 1 is 1.25 bits per heavy atom. The fraction of sp³-hybridized carbons (Fsp3) is 0.0909. The number of rotatable bonds is 3. The van der Waals surface area contributed by atoms with E-state index in [0.717, 1.165) is 0 Å². The van der Waals surface area contributed by atoms with Crippen molar-refractivity contribution in [1.82, 2.24) is 0 Å². The van der Waals surface area contributed by atoms with Crippen LogP contribution in [0.3, 0.4) is 0 Å². The molecule has 0 bridgehead atoms. The van der Waals surface area contributed by atoms with Crippen LogP contribution in [0.1, 0.15) is 0 Å². The van der Waals surface area contributed by atoms with Crippen LogP contribution in [0.2, 0.25) is 0 Å². The Kier molecular flexibility index (Phi) is 2.53. The van der Waals surface area contributed by atoms with E-state index in [-0.39, 0.29) is 11.6 Å². The summed E-state index contributed by atoms with van der Waals surface area (Å²) < 4.78 is 5.18. The number of nitrogens with zero attached hydrogens (tertiary/aromatic N) is 3. The molecule has 0 saturated heterocycles. The lowest BCUT2D eigenvalue weighted by molar-refractivity contribution is -0.511. The largest absolute Gasteiger partial charge is 0.448 e. The van der Waals surface area contributed by atoms with E-state index >= 15 is 0 Å². The first kappa shape index (κ1) is 12.0. The Balaban J connectivity index is 2.10. The predicted octanol–water partition coefficient (Wildman–Crippen LogP) is 2.31. The number of nitro benzene ring substituents is 1. The molecule has 0 radical (unpaired) electrons. The first-order valence-corrected chi connectivity index (χ1v) is 5.59. The summed E-state index contributed by atoms with van der Waals surface area (Å²) in [5.74, 6) is 0.284. The monoisotopic (exact) mass is 276 g/mol. The number of non-ortho nitro benzene ring substituents is 1. The van der Waals surface area contributed by atoms with E-state index < -0.39 is 16.1 Å². The molecule has 1 aromatic carbocycles. The van der Waals surface area contributed by atoms with Gasteiger partial charge in [0.15, 0.2) is 0 Å². The van der Waals surface area contributed by atoms with Crippen LogP contribution in [0.4, 0.5) is 22.9 Å². The van der Waals surface area contributed by atoms with Gasteiger partial charge in [0.05, 0.1) is 27.5 Å². The summed E-state index contributed by atoms with van der Waals surface area (Å²) in [4.78, 5) is 22.1. The molecule has 0 fully saturated rings. The van der Waals surface area contributed by atoms with Gasteiger partial charge in [0.1, 0.15) is 0 Å². The summed E-state index contributed by atoms with van der Waals surface area (Å²) in [5, 5.41) is 24.5. The molecule has 0 aliphatic carbocycles. The van der Waals surface area contributed by atoms with E-state index in [2.05, 4.69) is 5.32 Å². The number of furan rings is 1. The molecule has 102 valence electrons. The maximum absolute atomic E-state index is 11.1. The third-order valence-corrected chi connectivity index (χ3v) is 2.92. The van der Waals surface area contributed by atoms with Crippen LogP contribution >= 0.6 is 0 Å². The molecule has 20 heavy (non-hydrogen) atoms. The van der Waals surface area contributed by atoms with E-state index in [0.29, 0.717) is 11.4 Å². The van der Waals surface area contributed by atoms with Gasteiger partial charge in [0, 0.05) is 18.2 Å². The van der Waals surface area contributed by atoms with Gasteiger partial charge in [-0.2, -0.15) is 0 Å². The van der Waals surface area contributed by atoms with Crippen LogP contribution in [-0.4, -0.2) is 16.1 Å². The zero-order valence-electron chi connectivity index (χ0n) is 9.92. The molecule has 0 amide bonds. The highest BCUT2D eigenvalue weighted by molar-refractivity contribution is 5.82. The second-order valence-corrected chi connectivity index (χ2v) is 4.08. The molecule has 1 aliphatic heterocycles. The Hall–Kier alpha value is -3.10. The van der Waals surface area contributed by atoms with Crippen LogP contribution in [-0.2, 0) is 0 Å². The Morgan fingerprint density at radius 3 is 2.65 bits per heavy atom. The van der Waals surface area contributed by atoms with E-state index in [4.69, 9.17) is 4.42 Å². The summed E-state index contributed by atoms with van der Waals surface area (Å²) in [6, 6.07) is 7.18. The van der Waals surface area contributed by atoms with Crippen molar-refractivity contribution in [2.24, 2.45) is 0 Å². The summed E-state index contributed by atoms with van der Waals surface area (Å²) in [6.45, 7) is 0. The minimum atomic E-state index is -1.27. The van der Waals surface area contributed by atoms with Crippen molar-refractivity contribution in [2.75, 3.05) is 10.2 Å². The van der Waals surface area contributed by atoms with Gasteiger partial charge in [-0.25, -0.2) is 4.90 Å². The second-order valence-electron chi connectivity index (χ2n) is 4.08. The van der Waals surface area contributed by atoms with Crippen molar-refractivity contribution >= 4 is 22.9 Å². The van der Waals surface area contributed by atoms with Gasteiger partial charge < -0.3 is 9.73 Å². The Labute approximate surface area is 111 Å². The summed E-state index contributed by atoms with van der Waals surface area (Å²) in [5.41, 5.74) is 0.629. The smallest absolute Gasteiger partial charge is 0.373 e. The van der Waals surface area contributed by atoms with Gasteiger partial charge in [-0.1, -0.05) is 0 Å². The van der Waals surface area contributed by atoms with Gasteiger partial charge in [0.2, 0.25) is 5.88 Å². The SMILES string of the molecule is O=[N+]([O-])c1ccc2c(c1)N[C@H]([N+](=O)[O-])N2c1ccco1. The second kappa shape index (κ2) is 4.23. The number of nitrogens with one attached hydrogen (secondary N) is 1. The van der Waals surface area contributed by atoms with Gasteiger partial charge >= 0.3 is 6.29 Å². The fourth-order valence-electron chi connectivity index (χ4n) is 2.09. The van der Waals surface area contributed by atoms with Crippen molar-refractivity contribution in [3.05, 3.63) is 56.8 Å². The summed E-state index contributed by atoms with van der Waals surface area (Å²) in [7, 11) is 0. The quantitative estimate of drug-likeness (QED) is 0.675. The van der Waals surface area contributed by atoms with Crippen molar-refractivity contribution in [2.45, 2.75) is 6.29 Å². The van der Waals surface area contributed by atoms with Crippen LogP contribution in [0, 0.1) is 20.2 Å². The molecule has 0 saturated carbocycles. The average molecular weight is 276 g/mol. The minimum absolute atomic E-state index is 0.139. The standard InChI is InChI=1S/C11H8N4O5/c16-14(17)7-3-4-9-8(6-7)12-11(15(18)19)13(9)10-2-1-5-20-10/h1-6,11-12H/t11-/m0/s1. The summed E-state index contributed by atoms with van der Waals surface area (Å²) >= 11 is 0. The molecule has 3 rings (SSSR count). The van der Waals surface area contributed by atoms with Crippen LogP contribution in [0.25, 0.3) is 0 Å². The first-order valence-electron chi connectivity index (χ1n) is 5.59. The summed E-state index contributed by atoms with van der Waals surface area (Å²) in [6.07, 6.45) is 0.133. The fourth-order valence-corrected chi connectivity index (χ4v) is 2.09. The van der Waals surface area contributed by atoms with E-state index in [1.807, 2.05) is 0 Å². The predicted molar refractivity (Wildman–Crippen MR) is 68.3 cm³/mol. The van der Waals surface area contributed by atoms with Crippen molar-refractivity contribution in [1.29, 1.82) is 0 Å². The molecule has 2 heterocycles. The number of nitro groups is 2. The van der Waals surface area contributed by atoms with E-state index in [1.54, 1.807) is 12.1 Å². The average Bonchev–Trinajstić information content (AvgIpc) is 3.03. The van der Waals surface area contributed by atoms with Gasteiger partial charge in [-0.05, 0) is 12.1 Å². The van der Waals surface area contributed by atoms with E-state index in [1.165, 1.54) is 29.4 Å². The zero-order valence-corrected chi connectivity index (χ0v) is 9.92. The third-order valence-electron chi connectivity index (χ3n) is 2.92. The lowest BCUT2D eigenvalue weighted by Crippen LogP contribution is -2.38. The highest BCUT2D eigenvalue weighted by Gasteiger charge is 2.40. The zero-order chi connectivity index (χ0) is 14.3. The number of anilines is 3. The Bertz CT molecular complexity index is 684. The van der Waals surface area contributed by atoms with Gasteiger partial charge in [-0.15, -0.1) is 0 Å². The number of benzene rings is 1. The maximum atomic E-state index is 11.1. The maximum Gasteiger partial charge on any atom is 0.373 e. The third kappa shape index (κ3) is 1.72. The molecule has 1 aromatic heterocycles. The van der Waals surface area contributed by atoms with Gasteiger partial charge in [-0.3, -0.25) is 20.2 Å². The number of hydrogen-bond donors (Lipinski definition) is 1. The minimum Gasteiger partial charge on any atom is -0.448 e. The molecule has 1 N–H and O–H groups in total. The molecule has 0 unspecified atom stereocenters. The lowest BCUT2D eigenvalue weighted by atomic mass is 10.2.